The Morgan fingerprint density at radius 2 is 1.81 bits per heavy atom. The molecule has 0 aliphatic carbocycles. The number of anilines is 1. The van der Waals surface area contributed by atoms with Crippen LogP contribution in [0.15, 0.2) is 18.2 Å². The highest BCUT2D eigenvalue weighted by molar-refractivity contribution is 5.94. The molecule has 118 valence electrons. The van der Waals surface area contributed by atoms with Crippen molar-refractivity contribution in [3.63, 3.8) is 0 Å². The minimum atomic E-state index is -4.50. The fourth-order valence-electron chi connectivity index (χ4n) is 1.80. The van der Waals surface area contributed by atoms with Crippen molar-refractivity contribution in [1.29, 1.82) is 0 Å². The molecule has 1 rings (SSSR count). The number of hydrogen-bond acceptors (Lipinski definition) is 3. The van der Waals surface area contributed by atoms with E-state index < -0.39 is 17.6 Å². The summed E-state index contributed by atoms with van der Waals surface area (Å²) in [5, 5.41) is 2.49. The van der Waals surface area contributed by atoms with Gasteiger partial charge in [-0.3, -0.25) is 4.79 Å². The highest BCUT2D eigenvalue weighted by Gasteiger charge is 2.34. The highest BCUT2D eigenvalue weighted by atomic mass is 19.4. The summed E-state index contributed by atoms with van der Waals surface area (Å²) < 4.78 is 38.9. The van der Waals surface area contributed by atoms with Crippen LogP contribution >= 0.6 is 0 Å². The minimum absolute atomic E-state index is 0.0302. The average Bonchev–Trinajstić information content (AvgIpc) is 2.42. The molecule has 0 atom stereocenters. The lowest BCUT2D eigenvalue weighted by molar-refractivity contribution is -0.136. The van der Waals surface area contributed by atoms with Gasteiger partial charge in [0.25, 0.3) is 5.91 Å². The van der Waals surface area contributed by atoms with Crippen LogP contribution in [0.3, 0.4) is 0 Å². The number of halogens is 3. The van der Waals surface area contributed by atoms with Crippen molar-refractivity contribution in [2.75, 3.05) is 46.6 Å². The van der Waals surface area contributed by atoms with Crippen molar-refractivity contribution in [1.82, 2.24) is 9.80 Å². The fourth-order valence-corrected chi connectivity index (χ4v) is 1.80. The number of likely N-dealkylation sites (N-methyl/N-ethyl adjacent to an activating group) is 2. The van der Waals surface area contributed by atoms with Crippen molar-refractivity contribution in [3.8, 4) is 0 Å². The van der Waals surface area contributed by atoms with Gasteiger partial charge in [0.05, 0.1) is 5.56 Å². The number of benzene rings is 1. The van der Waals surface area contributed by atoms with E-state index in [1.807, 2.05) is 19.0 Å². The van der Waals surface area contributed by atoms with E-state index in [-0.39, 0.29) is 11.3 Å². The second-order valence-electron chi connectivity index (χ2n) is 5.04. The number of rotatable bonds is 5. The van der Waals surface area contributed by atoms with Crippen LogP contribution in [0.1, 0.15) is 15.9 Å². The standard InChI is InChI=1S/C14H20F3N3O/c1-18-12-6-5-10(9-11(12)14(15,16)17)13(21)20(4)8-7-19(2)3/h5-6,9,18H,7-8H2,1-4H3. The van der Waals surface area contributed by atoms with E-state index in [4.69, 9.17) is 0 Å². The SMILES string of the molecule is CNc1ccc(C(=O)N(C)CCN(C)C)cc1C(F)(F)F. The molecule has 21 heavy (non-hydrogen) atoms. The molecule has 0 saturated heterocycles. The summed E-state index contributed by atoms with van der Waals surface area (Å²) in [5.74, 6) is -0.426. The van der Waals surface area contributed by atoms with Gasteiger partial charge < -0.3 is 15.1 Å². The first-order chi connectivity index (χ1) is 9.66. The number of nitrogens with one attached hydrogen (secondary N) is 1. The average molecular weight is 303 g/mol. The Labute approximate surface area is 122 Å². The van der Waals surface area contributed by atoms with Crippen LogP contribution in [-0.2, 0) is 6.18 Å². The fraction of sp³-hybridized carbons (Fsp3) is 0.500. The van der Waals surface area contributed by atoms with Crippen molar-refractivity contribution < 1.29 is 18.0 Å². The van der Waals surface area contributed by atoms with Crippen LogP contribution in [0.4, 0.5) is 18.9 Å². The summed E-state index contributed by atoms with van der Waals surface area (Å²) in [6, 6.07) is 3.56. The second kappa shape index (κ2) is 6.80. The zero-order valence-electron chi connectivity index (χ0n) is 12.6. The van der Waals surface area contributed by atoms with Crippen LogP contribution in [0.25, 0.3) is 0 Å². The number of amides is 1. The monoisotopic (exact) mass is 303 g/mol. The van der Waals surface area contributed by atoms with Crippen LogP contribution in [0, 0.1) is 0 Å². The van der Waals surface area contributed by atoms with Crippen LogP contribution < -0.4 is 5.32 Å². The third-order valence-electron chi connectivity index (χ3n) is 3.07. The lowest BCUT2D eigenvalue weighted by Gasteiger charge is -2.21. The maximum absolute atomic E-state index is 13.0. The van der Waals surface area contributed by atoms with E-state index in [0.29, 0.717) is 13.1 Å². The van der Waals surface area contributed by atoms with Gasteiger partial charge in [0.2, 0.25) is 0 Å². The Bertz CT molecular complexity index is 501. The van der Waals surface area contributed by atoms with Gasteiger partial charge in [0, 0.05) is 38.4 Å². The molecule has 4 nitrogen and oxygen atoms in total. The predicted molar refractivity (Wildman–Crippen MR) is 76.5 cm³/mol. The van der Waals surface area contributed by atoms with Gasteiger partial charge in [-0.25, -0.2) is 0 Å². The summed E-state index contributed by atoms with van der Waals surface area (Å²) in [6.07, 6.45) is -4.50. The van der Waals surface area contributed by atoms with Crippen LogP contribution in [0.2, 0.25) is 0 Å². The smallest absolute Gasteiger partial charge is 0.388 e. The van der Waals surface area contributed by atoms with Gasteiger partial charge in [0.1, 0.15) is 0 Å². The molecule has 1 aromatic carbocycles. The lowest BCUT2D eigenvalue weighted by atomic mass is 10.1. The second-order valence-corrected chi connectivity index (χ2v) is 5.04. The number of carbonyl (C=O) groups is 1. The maximum Gasteiger partial charge on any atom is 0.418 e. The summed E-state index contributed by atoms with van der Waals surface area (Å²) in [7, 11) is 6.71. The van der Waals surface area contributed by atoms with Crippen molar-refractivity contribution in [2.45, 2.75) is 6.18 Å². The van der Waals surface area contributed by atoms with Gasteiger partial charge in [-0.15, -0.1) is 0 Å². The summed E-state index contributed by atoms with van der Waals surface area (Å²) in [4.78, 5) is 15.5. The first-order valence-corrected chi connectivity index (χ1v) is 6.46. The summed E-state index contributed by atoms with van der Waals surface area (Å²) in [5.41, 5.74) is -0.852. The third-order valence-corrected chi connectivity index (χ3v) is 3.07. The van der Waals surface area contributed by atoms with E-state index in [1.165, 1.54) is 24.1 Å². The number of carbonyl (C=O) groups excluding carboxylic acids is 1. The zero-order chi connectivity index (χ0) is 16.2. The normalized spacial score (nSPS) is 11.6. The molecule has 0 heterocycles. The zero-order valence-corrected chi connectivity index (χ0v) is 12.6. The molecule has 1 aromatic rings. The summed E-state index contributed by atoms with van der Waals surface area (Å²) in [6.45, 7) is 1.09. The minimum Gasteiger partial charge on any atom is -0.388 e. The maximum atomic E-state index is 13.0. The molecule has 1 N–H and O–H groups in total. The van der Waals surface area contributed by atoms with Gasteiger partial charge in [0.15, 0.2) is 0 Å². The molecule has 0 radical (unpaired) electrons. The third kappa shape index (κ3) is 4.63. The molecular weight excluding hydrogens is 283 g/mol. The van der Waals surface area contributed by atoms with E-state index in [9.17, 15) is 18.0 Å². The van der Waals surface area contributed by atoms with Crippen LogP contribution in [-0.4, -0.2) is 57.0 Å². The molecule has 0 bridgehead atoms. The Balaban J connectivity index is 3.01. The molecule has 0 saturated carbocycles. The first kappa shape index (κ1) is 17.3. The molecular formula is C14H20F3N3O. The molecule has 0 aliphatic rings. The largest absolute Gasteiger partial charge is 0.418 e. The molecule has 7 heteroatoms. The van der Waals surface area contributed by atoms with Gasteiger partial charge in [-0.2, -0.15) is 13.2 Å². The highest BCUT2D eigenvalue weighted by Crippen LogP contribution is 2.35. The molecule has 0 spiro atoms. The quantitative estimate of drug-likeness (QED) is 0.907. The van der Waals surface area contributed by atoms with Gasteiger partial charge >= 0.3 is 6.18 Å². The Hall–Kier alpha value is -1.76. The molecule has 0 fully saturated rings. The van der Waals surface area contributed by atoms with E-state index >= 15 is 0 Å². The molecule has 0 unspecified atom stereocenters. The molecule has 1 amide bonds. The number of hydrogen-bond donors (Lipinski definition) is 1. The van der Waals surface area contributed by atoms with E-state index in [2.05, 4.69) is 5.32 Å². The topological polar surface area (TPSA) is 35.6 Å². The lowest BCUT2D eigenvalue weighted by Crippen LogP contribution is -2.33. The van der Waals surface area contributed by atoms with Gasteiger partial charge in [-0.05, 0) is 32.3 Å². The van der Waals surface area contributed by atoms with Crippen molar-refractivity contribution in [2.24, 2.45) is 0 Å². The molecule has 0 aliphatic heterocycles. The van der Waals surface area contributed by atoms with Gasteiger partial charge in [-0.1, -0.05) is 0 Å². The van der Waals surface area contributed by atoms with E-state index in [1.54, 1.807) is 7.05 Å². The van der Waals surface area contributed by atoms with Crippen molar-refractivity contribution in [3.05, 3.63) is 29.3 Å². The first-order valence-electron chi connectivity index (χ1n) is 6.46. The van der Waals surface area contributed by atoms with E-state index in [0.717, 1.165) is 6.07 Å². The number of alkyl halides is 3. The number of nitrogens with zero attached hydrogens (tertiary/aromatic N) is 2. The Morgan fingerprint density at radius 1 is 1.19 bits per heavy atom. The Morgan fingerprint density at radius 3 is 2.29 bits per heavy atom. The van der Waals surface area contributed by atoms with Crippen LogP contribution in [0.5, 0.6) is 0 Å². The van der Waals surface area contributed by atoms with Crippen molar-refractivity contribution >= 4 is 11.6 Å². The summed E-state index contributed by atoms with van der Waals surface area (Å²) >= 11 is 0. The Kier molecular flexibility index (Phi) is 5.60. The molecule has 0 aromatic heterocycles. The predicted octanol–water partition coefficient (Wildman–Crippen LogP) is 2.38.